The summed E-state index contributed by atoms with van der Waals surface area (Å²) in [5.74, 6) is 0.729. The maximum absolute atomic E-state index is 5.88. The highest BCUT2D eigenvalue weighted by Crippen LogP contribution is 2.32. The van der Waals surface area contributed by atoms with Crippen LogP contribution in [0.3, 0.4) is 0 Å². The molecule has 12 heavy (non-hydrogen) atoms. The van der Waals surface area contributed by atoms with E-state index in [-0.39, 0.29) is 0 Å². The molecule has 1 saturated heterocycles. The minimum absolute atomic E-state index is 0.309. The Morgan fingerprint density at radius 1 is 1.17 bits per heavy atom. The predicted molar refractivity (Wildman–Crippen MR) is 52.2 cm³/mol. The summed E-state index contributed by atoms with van der Waals surface area (Å²) in [6.07, 6.45) is 4.38. The number of rotatable bonds is 0. The highest BCUT2D eigenvalue weighted by atomic mass is 16.5. The molecule has 1 nitrogen and oxygen atoms in total. The van der Waals surface area contributed by atoms with Gasteiger partial charge in [0.2, 0.25) is 0 Å². The molecular formula is C11H22O. The molecule has 1 aliphatic rings. The molecule has 0 aromatic carbocycles. The molecule has 0 aromatic heterocycles. The summed E-state index contributed by atoms with van der Waals surface area (Å²) in [5.41, 5.74) is 0.309. The lowest BCUT2D eigenvalue weighted by molar-refractivity contribution is -0.0405. The van der Waals surface area contributed by atoms with E-state index in [0.29, 0.717) is 11.5 Å². The smallest absolute Gasteiger partial charge is 0.0648 e. The molecule has 0 spiro atoms. The van der Waals surface area contributed by atoms with Gasteiger partial charge < -0.3 is 4.74 Å². The summed E-state index contributed by atoms with van der Waals surface area (Å²) < 4.78 is 5.88. The topological polar surface area (TPSA) is 9.23 Å². The molecule has 0 aliphatic carbocycles. The highest BCUT2D eigenvalue weighted by molar-refractivity contribution is 4.80. The van der Waals surface area contributed by atoms with Gasteiger partial charge in [0.25, 0.3) is 0 Å². The lowest BCUT2D eigenvalue weighted by Crippen LogP contribution is -2.34. The number of ether oxygens (including phenoxy) is 1. The Labute approximate surface area is 76.5 Å². The largest absolute Gasteiger partial charge is 0.377 e. The van der Waals surface area contributed by atoms with Crippen molar-refractivity contribution in [2.45, 2.75) is 53.1 Å². The average Bonchev–Trinajstić information content (AvgIpc) is 2.11. The molecule has 0 radical (unpaired) electrons. The molecular weight excluding hydrogens is 148 g/mol. The SMILES string of the molecule is C[C@@H]1CCCCO[C@H]1C(C)(C)C. The summed E-state index contributed by atoms with van der Waals surface area (Å²) in [6, 6.07) is 0. The van der Waals surface area contributed by atoms with Crippen LogP contribution >= 0.6 is 0 Å². The predicted octanol–water partition coefficient (Wildman–Crippen LogP) is 3.24. The Hall–Kier alpha value is -0.0400. The Morgan fingerprint density at radius 2 is 1.83 bits per heavy atom. The van der Waals surface area contributed by atoms with Crippen molar-refractivity contribution in [3.8, 4) is 0 Å². The Kier molecular flexibility index (Phi) is 3.16. The second-order valence-corrected chi connectivity index (χ2v) is 5.13. The summed E-state index contributed by atoms with van der Waals surface area (Å²) >= 11 is 0. The fraction of sp³-hybridized carbons (Fsp3) is 1.00. The first-order valence-electron chi connectivity index (χ1n) is 5.13. The normalized spacial score (nSPS) is 33.0. The third-order valence-corrected chi connectivity index (χ3v) is 2.72. The molecule has 0 unspecified atom stereocenters. The average molecular weight is 170 g/mol. The quantitative estimate of drug-likeness (QED) is 0.542. The van der Waals surface area contributed by atoms with Gasteiger partial charge in [0.15, 0.2) is 0 Å². The summed E-state index contributed by atoms with van der Waals surface area (Å²) in [5, 5.41) is 0. The molecule has 72 valence electrons. The van der Waals surface area contributed by atoms with E-state index in [1.165, 1.54) is 19.3 Å². The van der Waals surface area contributed by atoms with Gasteiger partial charge in [-0.2, -0.15) is 0 Å². The van der Waals surface area contributed by atoms with Crippen LogP contribution in [-0.2, 0) is 4.74 Å². The Bertz CT molecular complexity index is 134. The second kappa shape index (κ2) is 3.78. The highest BCUT2D eigenvalue weighted by Gasteiger charge is 2.31. The van der Waals surface area contributed by atoms with Crippen LogP contribution in [0.2, 0.25) is 0 Å². The third-order valence-electron chi connectivity index (χ3n) is 2.72. The van der Waals surface area contributed by atoms with E-state index in [0.717, 1.165) is 12.5 Å². The van der Waals surface area contributed by atoms with E-state index in [4.69, 9.17) is 4.74 Å². The van der Waals surface area contributed by atoms with Gasteiger partial charge in [-0.1, -0.05) is 34.1 Å². The van der Waals surface area contributed by atoms with Crippen LogP contribution in [0.4, 0.5) is 0 Å². The van der Waals surface area contributed by atoms with Crippen molar-refractivity contribution in [2.24, 2.45) is 11.3 Å². The monoisotopic (exact) mass is 170 g/mol. The van der Waals surface area contributed by atoms with Crippen molar-refractivity contribution in [2.75, 3.05) is 6.61 Å². The minimum Gasteiger partial charge on any atom is -0.377 e. The Morgan fingerprint density at radius 3 is 2.42 bits per heavy atom. The van der Waals surface area contributed by atoms with E-state index in [1.54, 1.807) is 0 Å². The molecule has 2 atom stereocenters. The standard InChI is InChI=1S/C11H22O/c1-9-7-5-6-8-12-10(9)11(2,3)4/h9-10H,5-8H2,1-4H3/t9-,10-/m1/s1. The van der Waals surface area contributed by atoms with Crippen molar-refractivity contribution in [1.29, 1.82) is 0 Å². The Balaban J connectivity index is 2.59. The van der Waals surface area contributed by atoms with E-state index in [2.05, 4.69) is 27.7 Å². The zero-order chi connectivity index (χ0) is 9.19. The third kappa shape index (κ3) is 2.48. The van der Waals surface area contributed by atoms with Gasteiger partial charge in [-0.15, -0.1) is 0 Å². The van der Waals surface area contributed by atoms with Gasteiger partial charge in [0.05, 0.1) is 6.10 Å². The summed E-state index contributed by atoms with van der Waals surface area (Å²) in [6.45, 7) is 10.1. The van der Waals surface area contributed by atoms with Crippen LogP contribution < -0.4 is 0 Å². The van der Waals surface area contributed by atoms with Crippen LogP contribution in [0.15, 0.2) is 0 Å². The van der Waals surface area contributed by atoms with Crippen LogP contribution in [0, 0.1) is 11.3 Å². The molecule has 1 heteroatoms. The molecule has 0 amide bonds. The first-order valence-corrected chi connectivity index (χ1v) is 5.13. The second-order valence-electron chi connectivity index (χ2n) is 5.13. The van der Waals surface area contributed by atoms with E-state index in [9.17, 15) is 0 Å². The minimum atomic E-state index is 0.309. The molecule has 1 fully saturated rings. The molecule has 0 saturated carbocycles. The molecule has 0 aromatic rings. The van der Waals surface area contributed by atoms with Gasteiger partial charge in [0, 0.05) is 6.61 Å². The molecule has 1 aliphatic heterocycles. The van der Waals surface area contributed by atoms with Gasteiger partial charge >= 0.3 is 0 Å². The van der Waals surface area contributed by atoms with E-state index < -0.39 is 0 Å². The molecule has 0 N–H and O–H groups in total. The zero-order valence-corrected chi connectivity index (χ0v) is 8.89. The van der Waals surface area contributed by atoms with E-state index >= 15 is 0 Å². The van der Waals surface area contributed by atoms with Gasteiger partial charge in [0.1, 0.15) is 0 Å². The first-order chi connectivity index (χ1) is 5.52. The fourth-order valence-electron chi connectivity index (χ4n) is 2.20. The van der Waals surface area contributed by atoms with Gasteiger partial charge in [-0.05, 0) is 24.2 Å². The lowest BCUT2D eigenvalue weighted by Gasteiger charge is -2.33. The lowest BCUT2D eigenvalue weighted by atomic mass is 9.80. The van der Waals surface area contributed by atoms with Crippen molar-refractivity contribution in [3.05, 3.63) is 0 Å². The van der Waals surface area contributed by atoms with Crippen molar-refractivity contribution in [3.63, 3.8) is 0 Å². The zero-order valence-electron chi connectivity index (χ0n) is 8.89. The maximum atomic E-state index is 5.88. The van der Waals surface area contributed by atoms with Crippen molar-refractivity contribution < 1.29 is 4.74 Å². The van der Waals surface area contributed by atoms with E-state index in [1.807, 2.05) is 0 Å². The fourth-order valence-corrected chi connectivity index (χ4v) is 2.20. The van der Waals surface area contributed by atoms with Crippen LogP contribution in [0.25, 0.3) is 0 Å². The molecule has 0 bridgehead atoms. The maximum Gasteiger partial charge on any atom is 0.0648 e. The molecule has 1 rings (SSSR count). The van der Waals surface area contributed by atoms with Crippen molar-refractivity contribution >= 4 is 0 Å². The summed E-state index contributed by atoms with van der Waals surface area (Å²) in [7, 11) is 0. The van der Waals surface area contributed by atoms with Crippen LogP contribution in [0.5, 0.6) is 0 Å². The number of hydrogen-bond acceptors (Lipinski definition) is 1. The molecule has 1 heterocycles. The first kappa shape index (κ1) is 10.0. The van der Waals surface area contributed by atoms with Gasteiger partial charge in [-0.25, -0.2) is 0 Å². The number of hydrogen-bond donors (Lipinski definition) is 0. The van der Waals surface area contributed by atoms with Crippen LogP contribution in [-0.4, -0.2) is 12.7 Å². The van der Waals surface area contributed by atoms with Crippen LogP contribution in [0.1, 0.15) is 47.0 Å². The van der Waals surface area contributed by atoms with Gasteiger partial charge in [-0.3, -0.25) is 0 Å². The van der Waals surface area contributed by atoms with Crippen molar-refractivity contribution in [1.82, 2.24) is 0 Å². The summed E-state index contributed by atoms with van der Waals surface area (Å²) in [4.78, 5) is 0.